The topological polar surface area (TPSA) is 46.2 Å². The average molecular weight is 213 g/mol. The van der Waals surface area contributed by atoms with Crippen LogP contribution in [-0.4, -0.2) is 11.0 Å². The molecule has 1 aromatic rings. The van der Waals surface area contributed by atoms with E-state index in [0.717, 1.165) is 0 Å². The molecule has 3 N–H and O–H groups in total. The van der Waals surface area contributed by atoms with E-state index in [4.69, 9.17) is 5.73 Å². The molecule has 4 heteroatoms. The van der Waals surface area contributed by atoms with Gasteiger partial charge in [-0.05, 0) is 30.5 Å². The molecule has 1 aromatic carbocycles. The SMILES string of the molecule is Cc1cc(C2(N)CC2(F)F)cc(C)c1O. The summed E-state index contributed by atoms with van der Waals surface area (Å²) in [6, 6.07) is 3.06. The van der Waals surface area contributed by atoms with Crippen molar-refractivity contribution in [2.45, 2.75) is 31.7 Å². The summed E-state index contributed by atoms with van der Waals surface area (Å²) in [7, 11) is 0. The van der Waals surface area contributed by atoms with Crippen molar-refractivity contribution in [3.05, 3.63) is 28.8 Å². The van der Waals surface area contributed by atoms with Crippen LogP contribution in [-0.2, 0) is 5.54 Å². The van der Waals surface area contributed by atoms with E-state index in [0.29, 0.717) is 16.7 Å². The standard InChI is InChI=1S/C11H13F2NO/c1-6-3-8(4-7(2)9(6)15)10(14)5-11(10,12)13/h3-4,15H,5,14H2,1-2H3. The quantitative estimate of drug-likeness (QED) is 0.751. The third-order valence-electron chi connectivity index (χ3n) is 3.03. The summed E-state index contributed by atoms with van der Waals surface area (Å²) in [6.07, 6.45) is -0.316. The summed E-state index contributed by atoms with van der Waals surface area (Å²) in [4.78, 5) is 0. The number of aromatic hydroxyl groups is 1. The smallest absolute Gasteiger partial charge is 0.272 e. The molecule has 2 rings (SSSR count). The van der Waals surface area contributed by atoms with Crippen molar-refractivity contribution >= 4 is 0 Å². The molecule has 0 radical (unpaired) electrons. The van der Waals surface area contributed by atoms with Gasteiger partial charge in [0.05, 0.1) is 0 Å². The van der Waals surface area contributed by atoms with E-state index in [1.165, 1.54) is 12.1 Å². The van der Waals surface area contributed by atoms with Crippen molar-refractivity contribution in [1.29, 1.82) is 0 Å². The molecule has 1 atom stereocenters. The maximum absolute atomic E-state index is 13.0. The Bertz CT molecular complexity index is 408. The van der Waals surface area contributed by atoms with Crippen molar-refractivity contribution in [2.75, 3.05) is 0 Å². The maximum Gasteiger partial charge on any atom is 0.272 e. The lowest BCUT2D eigenvalue weighted by Crippen LogP contribution is -2.27. The molecule has 0 amide bonds. The summed E-state index contributed by atoms with van der Waals surface area (Å²) in [5.74, 6) is -2.67. The fraction of sp³-hybridized carbons (Fsp3) is 0.455. The Morgan fingerprint density at radius 2 is 1.67 bits per heavy atom. The first kappa shape index (κ1) is 10.4. The van der Waals surface area contributed by atoms with Gasteiger partial charge in [0.15, 0.2) is 0 Å². The molecule has 0 spiro atoms. The fourth-order valence-electron chi connectivity index (χ4n) is 1.83. The predicted octanol–water partition coefficient (Wildman–Crippen LogP) is 2.20. The van der Waals surface area contributed by atoms with E-state index in [1.54, 1.807) is 13.8 Å². The fourth-order valence-corrected chi connectivity index (χ4v) is 1.83. The monoisotopic (exact) mass is 213 g/mol. The molecule has 1 aliphatic rings. The van der Waals surface area contributed by atoms with E-state index in [9.17, 15) is 13.9 Å². The summed E-state index contributed by atoms with van der Waals surface area (Å²) in [5.41, 5.74) is 5.64. The zero-order valence-electron chi connectivity index (χ0n) is 8.64. The number of nitrogens with two attached hydrogens (primary N) is 1. The van der Waals surface area contributed by atoms with Crippen molar-refractivity contribution < 1.29 is 13.9 Å². The van der Waals surface area contributed by atoms with Gasteiger partial charge in [0, 0.05) is 6.42 Å². The number of hydrogen-bond acceptors (Lipinski definition) is 2. The lowest BCUT2D eigenvalue weighted by molar-refractivity contribution is 0.0891. The molecular weight excluding hydrogens is 200 g/mol. The minimum absolute atomic E-state index is 0.145. The molecule has 1 aliphatic carbocycles. The van der Waals surface area contributed by atoms with Crippen molar-refractivity contribution in [3.8, 4) is 5.75 Å². The zero-order valence-corrected chi connectivity index (χ0v) is 8.64. The van der Waals surface area contributed by atoms with E-state index in [1.807, 2.05) is 0 Å². The van der Waals surface area contributed by atoms with Crippen molar-refractivity contribution in [2.24, 2.45) is 5.73 Å². The minimum atomic E-state index is -2.82. The van der Waals surface area contributed by atoms with E-state index in [-0.39, 0.29) is 12.2 Å². The van der Waals surface area contributed by atoms with E-state index < -0.39 is 11.5 Å². The molecule has 0 saturated heterocycles. The van der Waals surface area contributed by atoms with Gasteiger partial charge >= 0.3 is 0 Å². The van der Waals surface area contributed by atoms with Crippen molar-refractivity contribution in [1.82, 2.24) is 0 Å². The van der Waals surface area contributed by atoms with Crippen LogP contribution in [0.15, 0.2) is 12.1 Å². The average Bonchev–Trinajstić information content (AvgIpc) is 2.62. The number of phenols is 1. The summed E-state index contributed by atoms with van der Waals surface area (Å²) in [5, 5.41) is 9.52. The van der Waals surface area contributed by atoms with Gasteiger partial charge in [-0.1, -0.05) is 12.1 Å². The molecule has 15 heavy (non-hydrogen) atoms. The van der Waals surface area contributed by atoms with Crippen molar-refractivity contribution in [3.63, 3.8) is 0 Å². The lowest BCUT2D eigenvalue weighted by atomic mass is 9.99. The van der Waals surface area contributed by atoms with Crippen LogP contribution < -0.4 is 5.73 Å². The van der Waals surface area contributed by atoms with Crippen LogP contribution >= 0.6 is 0 Å². The summed E-state index contributed by atoms with van der Waals surface area (Å²) < 4.78 is 26.1. The summed E-state index contributed by atoms with van der Waals surface area (Å²) in [6.45, 7) is 3.35. The van der Waals surface area contributed by atoms with Crippen LogP contribution in [0.3, 0.4) is 0 Å². The Labute approximate surface area is 86.7 Å². The minimum Gasteiger partial charge on any atom is -0.507 e. The molecule has 0 aliphatic heterocycles. The molecular formula is C11H13F2NO. The second-order valence-electron chi connectivity index (χ2n) is 4.31. The Hall–Kier alpha value is -1.16. The van der Waals surface area contributed by atoms with Crippen LogP contribution in [0.4, 0.5) is 8.78 Å². The lowest BCUT2D eigenvalue weighted by Gasteiger charge is -2.14. The van der Waals surface area contributed by atoms with Crippen LogP contribution in [0.2, 0.25) is 0 Å². The molecule has 1 unspecified atom stereocenters. The Balaban J connectivity index is 2.49. The number of alkyl halides is 2. The first-order valence-corrected chi connectivity index (χ1v) is 4.75. The third-order valence-corrected chi connectivity index (χ3v) is 3.03. The van der Waals surface area contributed by atoms with Crippen LogP contribution in [0.1, 0.15) is 23.1 Å². The molecule has 0 bridgehead atoms. The van der Waals surface area contributed by atoms with Gasteiger partial charge in [0.2, 0.25) is 0 Å². The molecule has 1 fully saturated rings. The van der Waals surface area contributed by atoms with Gasteiger partial charge in [-0.3, -0.25) is 0 Å². The maximum atomic E-state index is 13.0. The number of rotatable bonds is 1. The molecule has 0 heterocycles. The molecule has 1 saturated carbocycles. The van der Waals surface area contributed by atoms with Crippen LogP contribution in [0, 0.1) is 13.8 Å². The van der Waals surface area contributed by atoms with Gasteiger partial charge in [-0.15, -0.1) is 0 Å². The highest BCUT2D eigenvalue weighted by atomic mass is 19.3. The molecule has 82 valence electrons. The zero-order chi connectivity index (χ0) is 11.4. The first-order valence-electron chi connectivity index (χ1n) is 4.75. The largest absolute Gasteiger partial charge is 0.507 e. The molecule has 0 aromatic heterocycles. The predicted molar refractivity (Wildman–Crippen MR) is 53.0 cm³/mol. The first-order chi connectivity index (χ1) is 6.78. The highest BCUT2D eigenvalue weighted by molar-refractivity contribution is 5.47. The van der Waals surface area contributed by atoms with Gasteiger partial charge in [0.1, 0.15) is 11.3 Å². The molecule has 2 nitrogen and oxygen atoms in total. The second-order valence-corrected chi connectivity index (χ2v) is 4.31. The number of hydrogen-bond donors (Lipinski definition) is 2. The van der Waals surface area contributed by atoms with Gasteiger partial charge in [-0.25, -0.2) is 8.78 Å². The van der Waals surface area contributed by atoms with Gasteiger partial charge < -0.3 is 10.8 Å². The second kappa shape index (κ2) is 2.70. The van der Waals surface area contributed by atoms with E-state index in [2.05, 4.69) is 0 Å². The summed E-state index contributed by atoms with van der Waals surface area (Å²) >= 11 is 0. The van der Waals surface area contributed by atoms with Crippen LogP contribution in [0.25, 0.3) is 0 Å². The number of aryl methyl sites for hydroxylation is 2. The van der Waals surface area contributed by atoms with Crippen LogP contribution in [0.5, 0.6) is 5.75 Å². The Morgan fingerprint density at radius 3 is 2.00 bits per heavy atom. The normalized spacial score (nSPS) is 27.8. The Morgan fingerprint density at radius 1 is 1.27 bits per heavy atom. The van der Waals surface area contributed by atoms with Gasteiger partial charge in [0.25, 0.3) is 5.92 Å². The number of benzene rings is 1. The van der Waals surface area contributed by atoms with E-state index >= 15 is 0 Å². The number of halogens is 2. The number of phenolic OH excluding ortho intramolecular Hbond substituents is 1. The Kier molecular flexibility index (Phi) is 1.86. The third kappa shape index (κ3) is 1.32. The van der Waals surface area contributed by atoms with Gasteiger partial charge in [-0.2, -0.15) is 0 Å². The highest BCUT2D eigenvalue weighted by Gasteiger charge is 2.69. The highest BCUT2D eigenvalue weighted by Crippen LogP contribution is 2.57.